The molecule has 2 aromatic rings. The van der Waals surface area contributed by atoms with Gasteiger partial charge in [-0.05, 0) is 23.8 Å². The highest BCUT2D eigenvalue weighted by Gasteiger charge is 2.08. The number of nitrogens with zero attached hydrogens (tertiary/aromatic N) is 3. The van der Waals surface area contributed by atoms with Gasteiger partial charge in [-0.3, -0.25) is 4.98 Å². The average Bonchev–Trinajstić information content (AvgIpc) is 2.30. The second-order valence-electron chi connectivity index (χ2n) is 3.67. The maximum atomic E-state index is 6.09. The quantitative estimate of drug-likeness (QED) is 0.854. The maximum absolute atomic E-state index is 6.09. The van der Waals surface area contributed by atoms with Gasteiger partial charge in [-0.15, -0.1) is 0 Å². The first-order valence-electron chi connectivity index (χ1n) is 5.08. The summed E-state index contributed by atoms with van der Waals surface area (Å²) < 4.78 is 0. The molecule has 0 N–H and O–H groups in total. The van der Waals surface area contributed by atoms with Crippen molar-refractivity contribution in [1.29, 1.82) is 0 Å². The van der Waals surface area contributed by atoms with Crippen molar-refractivity contribution in [3.8, 4) is 0 Å². The molecule has 2 aromatic heterocycles. The minimum atomic E-state index is 0.538. The van der Waals surface area contributed by atoms with E-state index >= 15 is 0 Å². The largest absolute Gasteiger partial charge is 0.354 e. The van der Waals surface area contributed by atoms with E-state index in [-0.39, 0.29) is 0 Å². The molecule has 0 amide bonds. The Morgan fingerprint density at radius 3 is 2.59 bits per heavy atom. The fourth-order valence-electron chi connectivity index (χ4n) is 1.53. The lowest BCUT2D eigenvalue weighted by Crippen LogP contribution is -2.18. The molecule has 2 rings (SSSR count). The van der Waals surface area contributed by atoms with E-state index in [1.54, 1.807) is 24.7 Å². The third-order valence-electron chi connectivity index (χ3n) is 2.32. The summed E-state index contributed by atoms with van der Waals surface area (Å²) in [5.74, 6) is 0.716. The predicted molar refractivity (Wildman–Crippen MR) is 70.6 cm³/mol. The van der Waals surface area contributed by atoms with E-state index in [2.05, 4.69) is 9.97 Å². The van der Waals surface area contributed by atoms with Gasteiger partial charge in [0.1, 0.15) is 5.82 Å². The zero-order chi connectivity index (χ0) is 12.3. The first-order chi connectivity index (χ1) is 8.16. The van der Waals surface area contributed by atoms with Crippen molar-refractivity contribution in [2.45, 2.75) is 6.54 Å². The summed E-state index contributed by atoms with van der Waals surface area (Å²) in [6.07, 6.45) is 5.12. The Morgan fingerprint density at radius 1 is 1.24 bits per heavy atom. The normalized spacial score (nSPS) is 10.3. The summed E-state index contributed by atoms with van der Waals surface area (Å²) in [7, 11) is 1.93. The van der Waals surface area contributed by atoms with Gasteiger partial charge in [-0.25, -0.2) is 4.98 Å². The van der Waals surface area contributed by atoms with Crippen LogP contribution in [0, 0.1) is 0 Å². The Hall–Kier alpha value is -1.32. The van der Waals surface area contributed by atoms with Crippen LogP contribution >= 0.6 is 23.2 Å². The zero-order valence-corrected chi connectivity index (χ0v) is 10.8. The molecule has 0 atom stereocenters. The van der Waals surface area contributed by atoms with Crippen molar-refractivity contribution in [2.75, 3.05) is 11.9 Å². The van der Waals surface area contributed by atoms with Crippen LogP contribution in [-0.4, -0.2) is 17.0 Å². The number of hydrogen-bond donors (Lipinski definition) is 0. The van der Waals surface area contributed by atoms with Crippen molar-refractivity contribution in [3.63, 3.8) is 0 Å². The van der Waals surface area contributed by atoms with Gasteiger partial charge in [-0.2, -0.15) is 0 Å². The smallest absolute Gasteiger partial charge is 0.147 e. The molecule has 17 heavy (non-hydrogen) atoms. The maximum Gasteiger partial charge on any atom is 0.147 e. The molecule has 0 aliphatic rings. The van der Waals surface area contributed by atoms with Crippen molar-refractivity contribution >= 4 is 29.0 Å². The molecular weight excluding hydrogens is 257 g/mol. The molecule has 2 heterocycles. The van der Waals surface area contributed by atoms with Crippen LogP contribution in [-0.2, 0) is 6.54 Å². The van der Waals surface area contributed by atoms with Gasteiger partial charge in [0.25, 0.3) is 0 Å². The average molecular weight is 268 g/mol. The standard InChI is InChI=1S/C12H11Cl2N3/c1-17(8-9-2-4-15-5-3-9)12-11(14)6-10(13)7-16-12/h2-7H,8H2,1H3. The molecule has 5 heteroatoms. The van der Waals surface area contributed by atoms with E-state index < -0.39 is 0 Å². The highest BCUT2D eigenvalue weighted by atomic mass is 35.5. The summed E-state index contributed by atoms with van der Waals surface area (Å²) in [5, 5.41) is 1.09. The van der Waals surface area contributed by atoms with E-state index in [9.17, 15) is 0 Å². The lowest BCUT2D eigenvalue weighted by atomic mass is 10.2. The molecule has 0 saturated carbocycles. The summed E-state index contributed by atoms with van der Waals surface area (Å²) in [4.78, 5) is 10.2. The Kier molecular flexibility index (Phi) is 3.82. The zero-order valence-electron chi connectivity index (χ0n) is 9.27. The van der Waals surface area contributed by atoms with Gasteiger partial charge in [0.15, 0.2) is 0 Å². The van der Waals surface area contributed by atoms with Gasteiger partial charge < -0.3 is 4.90 Å². The van der Waals surface area contributed by atoms with Crippen molar-refractivity contribution in [3.05, 3.63) is 52.4 Å². The monoisotopic (exact) mass is 267 g/mol. The number of hydrogen-bond acceptors (Lipinski definition) is 3. The van der Waals surface area contributed by atoms with Gasteiger partial charge in [0, 0.05) is 32.2 Å². The van der Waals surface area contributed by atoms with Crippen LogP contribution in [0.1, 0.15) is 5.56 Å². The SMILES string of the molecule is CN(Cc1ccncc1)c1ncc(Cl)cc1Cl. The van der Waals surface area contributed by atoms with Crippen molar-refractivity contribution < 1.29 is 0 Å². The molecule has 3 nitrogen and oxygen atoms in total. The summed E-state index contributed by atoms with van der Waals surface area (Å²) in [6.45, 7) is 0.719. The third kappa shape index (κ3) is 3.08. The third-order valence-corrected chi connectivity index (χ3v) is 2.80. The number of anilines is 1. The number of pyridine rings is 2. The van der Waals surface area contributed by atoms with Crippen molar-refractivity contribution in [2.24, 2.45) is 0 Å². The summed E-state index contributed by atoms with van der Waals surface area (Å²) in [6, 6.07) is 5.61. The predicted octanol–water partition coefficient (Wildman–Crippen LogP) is 3.42. The lowest BCUT2D eigenvalue weighted by molar-refractivity contribution is 0.895. The minimum absolute atomic E-state index is 0.538. The summed E-state index contributed by atoms with van der Waals surface area (Å²) >= 11 is 11.9. The lowest BCUT2D eigenvalue weighted by Gasteiger charge is -2.19. The first kappa shape index (κ1) is 12.1. The molecule has 0 spiro atoms. The number of rotatable bonds is 3. The minimum Gasteiger partial charge on any atom is -0.354 e. The van der Waals surface area contributed by atoms with E-state index in [0.717, 1.165) is 12.1 Å². The molecule has 0 aromatic carbocycles. The van der Waals surface area contributed by atoms with Crippen LogP contribution in [0.4, 0.5) is 5.82 Å². The van der Waals surface area contributed by atoms with E-state index in [1.165, 1.54) is 0 Å². The van der Waals surface area contributed by atoms with Crippen molar-refractivity contribution in [1.82, 2.24) is 9.97 Å². The Labute approximate surface area is 110 Å². The van der Waals surface area contributed by atoms with E-state index in [1.807, 2.05) is 24.1 Å². The van der Waals surface area contributed by atoms with E-state index in [4.69, 9.17) is 23.2 Å². The topological polar surface area (TPSA) is 29.0 Å². The molecule has 0 aliphatic heterocycles. The molecular formula is C12H11Cl2N3. The molecule has 0 unspecified atom stereocenters. The van der Waals surface area contributed by atoms with Crippen LogP contribution in [0.3, 0.4) is 0 Å². The molecule has 0 radical (unpaired) electrons. The van der Waals surface area contributed by atoms with Crippen LogP contribution in [0.25, 0.3) is 0 Å². The Bertz CT molecular complexity index is 502. The molecule has 88 valence electrons. The fraction of sp³-hybridized carbons (Fsp3) is 0.167. The van der Waals surface area contributed by atoms with Crippen LogP contribution < -0.4 is 4.90 Å². The van der Waals surface area contributed by atoms with Crippen LogP contribution in [0.2, 0.25) is 10.0 Å². The molecule has 0 saturated heterocycles. The molecule has 0 fully saturated rings. The second kappa shape index (κ2) is 5.34. The summed E-state index contributed by atoms with van der Waals surface area (Å²) in [5.41, 5.74) is 1.15. The number of halogens is 2. The van der Waals surface area contributed by atoms with Gasteiger partial charge in [0.05, 0.1) is 10.0 Å². The highest BCUT2D eigenvalue weighted by molar-refractivity contribution is 6.35. The van der Waals surface area contributed by atoms with Gasteiger partial charge >= 0.3 is 0 Å². The molecule has 0 aliphatic carbocycles. The van der Waals surface area contributed by atoms with Gasteiger partial charge in [0.2, 0.25) is 0 Å². The van der Waals surface area contributed by atoms with Gasteiger partial charge in [-0.1, -0.05) is 23.2 Å². The Balaban J connectivity index is 2.17. The fourth-order valence-corrected chi connectivity index (χ4v) is 2.05. The Morgan fingerprint density at radius 2 is 1.94 bits per heavy atom. The van der Waals surface area contributed by atoms with E-state index in [0.29, 0.717) is 15.9 Å². The highest BCUT2D eigenvalue weighted by Crippen LogP contribution is 2.25. The van der Waals surface area contributed by atoms with Crippen LogP contribution in [0.5, 0.6) is 0 Å². The number of aromatic nitrogens is 2. The first-order valence-corrected chi connectivity index (χ1v) is 5.83. The van der Waals surface area contributed by atoms with Crippen LogP contribution in [0.15, 0.2) is 36.8 Å². The second-order valence-corrected chi connectivity index (χ2v) is 4.51. The molecule has 0 bridgehead atoms.